The number of hydrogen-bond acceptors (Lipinski definition) is 3. The number of hydrogen-bond donors (Lipinski definition) is 0. The number of benzene rings is 5. The summed E-state index contributed by atoms with van der Waals surface area (Å²) in [4.78, 5) is 10.2. The van der Waals surface area contributed by atoms with Gasteiger partial charge >= 0.3 is 0 Å². The summed E-state index contributed by atoms with van der Waals surface area (Å²) in [5.74, 6) is 0.877. The van der Waals surface area contributed by atoms with Crippen molar-refractivity contribution in [3.05, 3.63) is 126 Å². The lowest BCUT2D eigenvalue weighted by Gasteiger charge is -2.12. The average Bonchev–Trinajstić information content (AvgIpc) is 3.62. The maximum absolute atomic E-state index is 5.22. The molecular weight excluding hydrogens is 506 g/mol. The van der Waals surface area contributed by atoms with Crippen molar-refractivity contribution in [3.8, 4) is 17.1 Å². The second-order valence-corrected chi connectivity index (χ2v) is 11.0. The van der Waals surface area contributed by atoms with Crippen molar-refractivity contribution in [1.82, 2.24) is 14.5 Å². The number of pyridine rings is 2. The van der Waals surface area contributed by atoms with Crippen LogP contribution >= 0.6 is 11.3 Å². The first kappa shape index (κ1) is 21.8. The second kappa shape index (κ2) is 8.22. The van der Waals surface area contributed by atoms with E-state index < -0.39 is 0 Å². The van der Waals surface area contributed by atoms with Gasteiger partial charge in [-0.05, 0) is 55.9 Å². The molecule has 4 aromatic heterocycles. The molecule has 186 valence electrons. The number of thiophene rings is 1. The topological polar surface area (TPSA) is 30.7 Å². The van der Waals surface area contributed by atoms with E-state index in [1.165, 1.54) is 48.5 Å². The largest absolute Gasteiger partial charge is 0.277 e. The third kappa shape index (κ3) is 2.99. The van der Waals surface area contributed by atoms with E-state index in [-0.39, 0.29) is 0 Å². The first-order chi connectivity index (χ1) is 19.8. The molecule has 4 heteroatoms. The van der Waals surface area contributed by atoms with Crippen LogP contribution in [0.3, 0.4) is 0 Å². The lowest BCUT2D eigenvalue weighted by molar-refractivity contribution is 1.06. The maximum Gasteiger partial charge on any atom is 0.147 e. The molecule has 9 aromatic rings. The number of aromatic nitrogens is 3. The van der Waals surface area contributed by atoms with Crippen molar-refractivity contribution in [2.45, 2.75) is 0 Å². The highest BCUT2D eigenvalue weighted by molar-refractivity contribution is 7.09. The average molecular weight is 528 g/mol. The van der Waals surface area contributed by atoms with Crippen molar-refractivity contribution in [2.75, 3.05) is 0 Å². The fourth-order valence-corrected chi connectivity index (χ4v) is 7.16. The molecule has 0 atom stereocenters. The van der Waals surface area contributed by atoms with Crippen LogP contribution in [-0.2, 0) is 0 Å². The van der Waals surface area contributed by atoms with Crippen molar-refractivity contribution in [3.63, 3.8) is 0 Å². The molecule has 0 aliphatic carbocycles. The van der Waals surface area contributed by atoms with E-state index >= 15 is 0 Å². The van der Waals surface area contributed by atoms with Gasteiger partial charge in [0.1, 0.15) is 11.5 Å². The lowest BCUT2D eigenvalue weighted by Crippen LogP contribution is -1.99. The molecular formula is C36H21N3S. The molecule has 0 aliphatic rings. The summed E-state index contributed by atoms with van der Waals surface area (Å²) in [7, 11) is 0. The summed E-state index contributed by atoms with van der Waals surface area (Å²) in [6.45, 7) is 0. The predicted octanol–water partition coefficient (Wildman–Crippen LogP) is 9.91. The molecule has 0 saturated carbocycles. The van der Waals surface area contributed by atoms with Crippen LogP contribution in [0, 0.1) is 0 Å². The van der Waals surface area contributed by atoms with Crippen molar-refractivity contribution < 1.29 is 0 Å². The van der Waals surface area contributed by atoms with Gasteiger partial charge in [0, 0.05) is 38.7 Å². The Bertz CT molecular complexity index is 2410. The van der Waals surface area contributed by atoms with Crippen LogP contribution in [0.4, 0.5) is 0 Å². The van der Waals surface area contributed by atoms with Crippen LogP contribution in [-0.4, -0.2) is 14.5 Å². The van der Waals surface area contributed by atoms with Gasteiger partial charge in [-0.15, -0.1) is 11.3 Å². The molecule has 0 saturated heterocycles. The zero-order valence-electron chi connectivity index (χ0n) is 21.4. The molecule has 0 radical (unpaired) electrons. The number of rotatable bonds is 2. The molecule has 40 heavy (non-hydrogen) atoms. The summed E-state index contributed by atoms with van der Waals surface area (Å²) in [6, 6.07) is 38.9. The van der Waals surface area contributed by atoms with E-state index in [2.05, 4.69) is 125 Å². The van der Waals surface area contributed by atoms with E-state index in [0.29, 0.717) is 0 Å². The van der Waals surface area contributed by atoms with E-state index in [9.17, 15) is 0 Å². The summed E-state index contributed by atoms with van der Waals surface area (Å²) in [5.41, 5.74) is 4.13. The minimum atomic E-state index is 0.877. The van der Waals surface area contributed by atoms with Crippen LogP contribution in [0.5, 0.6) is 0 Å². The third-order valence-corrected chi connectivity index (χ3v) is 8.88. The monoisotopic (exact) mass is 527 g/mol. The molecule has 0 unspecified atom stereocenters. The Morgan fingerprint density at radius 3 is 2.00 bits per heavy atom. The minimum absolute atomic E-state index is 0.877. The van der Waals surface area contributed by atoms with Gasteiger partial charge in [-0.3, -0.25) is 4.57 Å². The Morgan fingerprint density at radius 1 is 0.550 bits per heavy atom. The van der Waals surface area contributed by atoms with Crippen LogP contribution in [0.15, 0.2) is 126 Å². The van der Waals surface area contributed by atoms with Crippen LogP contribution in [0.25, 0.3) is 82.1 Å². The van der Waals surface area contributed by atoms with Crippen molar-refractivity contribution in [1.29, 1.82) is 0 Å². The highest BCUT2D eigenvalue weighted by atomic mass is 32.1. The van der Waals surface area contributed by atoms with Crippen LogP contribution in [0.2, 0.25) is 0 Å². The Balaban J connectivity index is 1.29. The highest BCUT2D eigenvalue weighted by Gasteiger charge is 2.18. The number of fused-ring (bicyclic) bond motifs is 11. The normalized spacial score (nSPS) is 12.0. The Labute approximate surface area is 233 Å². The molecule has 0 N–H and O–H groups in total. The van der Waals surface area contributed by atoms with Gasteiger partial charge in [0.05, 0.1) is 11.2 Å². The van der Waals surface area contributed by atoms with E-state index in [4.69, 9.17) is 9.97 Å². The maximum atomic E-state index is 5.22. The predicted molar refractivity (Wildman–Crippen MR) is 170 cm³/mol. The molecule has 0 spiro atoms. The summed E-state index contributed by atoms with van der Waals surface area (Å²) >= 11 is 1.72. The first-order valence-electron chi connectivity index (χ1n) is 13.4. The summed E-state index contributed by atoms with van der Waals surface area (Å²) in [6.07, 6.45) is 1.97. The molecule has 3 nitrogen and oxygen atoms in total. The molecule has 9 rings (SSSR count). The molecule has 0 amide bonds. The van der Waals surface area contributed by atoms with Crippen molar-refractivity contribution >= 4 is 76.4 Å². The molecule has 4 heterocycles. The van der Waals surface area contributed by atoms with Crippen LogP contribution in [0.1, 0.15) is 0 Å². The number of nitrogens with zero attached hydrogens (tertiary/aromatic N) is 3. The highest BCUT2D eigenvalue weighted by Crippen LogP contribution is 2.39. The fraction of sp³-hybridized carbons (Fsp3) is 0. The van der Waals surface area contributed by atoms with Gasteiger partial charge in [-0.2, -0.15) is 0 Å². The van der Waals surface area contributed by atoms with Gasteiger partial charge in [0.15, 0.2) is 0 Å². The third-order valence-electron chi connectivity index (χ3n) is 8.15. The SMILES string of the molecule is c1cc(-c2ccc3c4ccccc4c4ccccc4c3c2)nc(-n2c3cscc3c3c4ccccc4cnc32)c1. The second-order valence-electron chi connectivity index (χ2n) is 10.3. The quantitative estimate of drug-likeness (QED) is 0.209. The zero-order chi connectivity index (χ0) is 26.2. The van der Waals surface area contributed by atoms with Gasteiger partial charge in [-0.1, -0.05) is 91.0 Å². The molecule has 5 aromatic carbocycles. The van der Waals surface area contributed by atoms with Crippen LogP contribution < -0.4 is 0 Å². The Morgan fingerprint density at radius 2 is 1.23 bits per heavy atom. The van der Waals surface area contributed by atoms with E-state index in [1.807, 2.05) is 6.20 Å². The van der Waals surface area contributed by atoms with Gasteiger partial charge < -0.3 is 0 Å². The minimum Gasteiger partial charge on any atom is -0.277 e. The Hall–Kier alpha value is -5.06. The Kier molecular flexibility index (Phi) is 4.48. The molecule has 0 fully saturated rings. The smallest absolute Gasteiger partial charge is 0.147 e. The van der Waals surface area contributed by atoms with Crippen molar-refractivity contribution in [2.24, 2.45) is 0 Å². The zero-order valence-corrected chi connectivity index (χ0v) is 22.2. The lowest BCUT2D eigenvalue weighted by atomic mass is 9.93. The summed E-state index contributed by atoms with van der Waals surface area (Å²) < 4.78 is 2.21. The van der Waals surface area contributed by atoms with Gasteiger partial charge in [0.25, 0.3) is 0 Å². The molecule has 0 aliphatic heterocycles. The van der Waals surface area contributed by atoms with E-state index in [1.54, 1.807) is 11.3 Å². The van der Waals surface area contributed by atoms with Gasteiger partial charge in [0.2, 0.25) is 0 Å². The first-order valence-corrected chi connectivity index (χ1v) is 14.3. The van der Waals surface area contributed by atoms with Gasteiger partial charge in [-0.25, -0.2) is 9.97 Å². The fourth-order valence-electron chi connectivity index (χ4n) is 6.36. The standard InChI is InChI=1S/C36H21N3S/c1-2-9-24-23(8-1)19-37-36-35(24)31-20-40-21-33(31)39(36)34-15-7-14-32(38-34)22-16-17-29-27-12-4-3-10-25(27)26-11-5-6-13-28(26)30(29)18-22/h1-21H. The molecule has 0 bridgehead atoms. The summed E-state index contributed by atoms with van der Waals surface area (Å²) in [5, 5.41) is 16.8. The van der Waals surface area contributed by atoms with E-state index in [0.717, 1.165) is 33.6 Å².